The van der Waals surface area contributed by atoms with Crippen LogP contribution in [-0.4, -0.2) is 24.1 Å². The second-order valence-corrected chi connectivity index (χ2v) is 4.62. The summed E-state index contributed by atoms with van der Waals surface area (Å²) in [6, 6.07) is 5.28. The average molecular weight is 281 g/mol. The number of carbonyl (C=O) groups excluding carboxylic acids is 1. The van der Waals surface area contributed by atoms with Crippen LogP contribution >= 0.6 is 11.6 Å². The van der Waals surface area contributed by atoms with Crippen LogP contribution in [0.5, 0.6) is 0 Å². The number of esters is 1. The lowest BCUT2D eigenvalue weighted by atomic mass is 10.1. The second kappa shape index (κ2) is 6.09. The van der Waals surface area contributed by atoms with Crippen molar-refractivity contribution >= 4 is 17.6 Å². The zero-order chi connectivity index (χ0) is 13.8. The maximum atomic E-state index is 12.2. The smallest absolute Gasteiger partial charge is 0.393 e. The fourth-order valence-corrected chi connectivity index (χ4v) is 1.38. The molecule has 1 rings (SSSR count). The molecule has 0 amide bonds. The summed E-state index contributed by atoms with van der Waals surface area (Å²) in [6.45, 7) is 1.67. The zero-order valence-corrected chi connectivity index (χ0v) is 10.4. The number of hydrogen-bond acceptors (Lipinski definition) is 2. The summed E-state index contributed by atoms with van der Waals surface area (Å²) in [4.78, 5) is 11.5. The molecule has 2 nitrogen and oxygen atoms in total. The first-order chi connectivity index (χ1) is 8.28. The van der Waals surface area contributed by atoms with Gasteiger partial charge in [-0.3, -0.25) is 0 Å². The van der Waals surface area contributed by atoms with Crippen molar-refractivity contribution in [2.45, 2.75) is 24.9 Å². The molecular weight excluding hydrogens is 269 g/mol. The van der Waals surface area contributed by atoms with E-state index < -0.39 is 18.6 Å². The minimum absolute atomic E-state index is 0.0177. The van der Waals surface area contributed by atoms with Crippen LogP contribution in [-0.2, 0) is 11.2 Å². The van der Waals surface area contributed by atoms with Gasteiger partial charge >= 0.3 is 12.1 Å². The summed E-state index contributed by atoms with van der Waals surface area (Å²) in [6.07, 6.45) is -5.37. The summed E-state index contributed by atoms with van der Waals surface area (Å²) in [7, 11) is 0. The van der Waals surface area contributed by atoms with Crippen molar-refractivity contribution in [3.63, 3.8) is 0 Å². The van der Waals surface area contributed by atoms with Crippen LogP contribution in [0.4, 0.5) is 13.2 Å². The van der Waals surface area contributed by atoms with Gasteiger partial charge in [-0.15, -0.1) is 11.6 Å². The Morgan fingerprint density at radius 3 is 2.67 bits per heavy atom. The van der Waals surface area contributed by atoms with Crippen molar-refractivity contribution in [2.75, 3.05) is 6.61 Å². The quantitative estimate of drug-likeness (QED) is 0.622. The summed E-state index contributed by atoms with van der Waals surface area (Å²) < 4.78 is 41.4. The van der Waals surface area contributed by atoms with Crippen molar-refractivity contribution in [1.29, 1.82) is 0 Å². The lowest BCUT2D eigenvalue weighted by Crippen LogP contribution is -2.14. The van der Waals surface area contributed by atoms with Gasteiger partial charge in [0, 0.05) is 0 Å². The Kier molecular flexibility index (Phi) is 5.02. The predicted octanol–water partition coefficient (Wildman–Crippen LogP) is 3.58. The Bertz CT molecular complexity index is 416. The van der Waals surface area contributed by atoms with Crippen LogP contribution in [0.15, 0.2) is 24.3 Å². The number of halogens is 4. The third-order valence-electron chi connectivity index (χ3n) is 2.01. The molecule has 0 aliphatic heterocycles. The molecule has 0 aliphatic rings. The van der Waals surface area contributed by atoms with Crippen molar-refractivity contribution in [2.24, 2.45) is 0 Å². The van der Waals surface area contributed by atoms with E-state index in [1.54, 1.807) is 6.92 Å². The van der Waals surface area contributed by atoms with Crippen LogP contribution in [0.2, 0.25) is 0 Å². The van der Waals surface area contributed by atoms with Gasteiger partial charge in [-0.2, -0.15) is 13.2 Å². The molecule has 0 spiro atoms. The molecular formula is C12H12ClF3O2. The first-order valence-corrected chi connectivity index (χ1v) is 5.68. The van der Waals surface area contributed by atoms with Crippen LogP contribution in [0, 0.1) is 0 Å². The number of rotatable bonds is 4. The normalized spacial score (nSPS) is 13.2. The van der Waals surface area contributed by atoms with Crippen molar-refractivity contribution in [1.82, 2.24) is 0 Å². The van der Waals surface area contributed by atoms with E-state index in [1.807, 2.05) is 0 Å². The van der Waals surface area contributed by atoms with E-state index in [-0.39, 0.29) is 23.1 Å². The summed E-state index contributed by atoms with van der Waals surface area (Å²) in [5, 5.41) is -0.340. The minimum atomic E-state index is -4.30. The first kappa shape index (κ1) is 14.8. The Morgan fingerprint density at radius 2 is 2.11 bits per heavy atom. The maximum absolute atomic E-state index is 12.2. The standard InChI is InChI=1S/C12H12ClF3O2/c1-8(13)7-18-11(17)10-4-2-3-9(5-10)6-12(14,15)16/h2-5,8H,6-7H2,1H3. The van der Waals surface area contributed by atoms with Crippen LogP contribution in [0.3, 0.4) is 0 Å². The number of ether oxygens (including phenoxy) is 1. The van der Waals surface area contributed by atoms with E-state index in [9.17, 15) is 18.0 Å². The van der Waals surface area contributed by atoms with Gasteiger partial charge in [0.2, 0.25) is 0 Å². The Labute approximate surface area is 108 Å². The molecule has 0 radical (unpaired) electrons. The first-order valence-electron chi connectivity index (χ1n) is 5.25. The summed E-state index contributed by atoms with van der Waals surface area (Å²) in [5.74, 6) is -0.675. The molecule has 0 saturated heterocycles. The van der Waals surface area contributed by atoms with E-state index in [0.717, 1.165) is 0 Å². The molecule has 0 fully saturated rings. The van der Waals surface area contributed by atoms with Gasteiger partial charge in [0.05, 0.1) is 17.4 Å². The summed E-state index contributed by atoms with van der Waals surface area (Å²) >= 11 is 5.60. The van der Waals surface area contributed by atoms with E-state index >= 15 is 0 Å². The van der Waals surface area contributed by atoms with E-state index in [2.05, 4.69) is 0 Å². The highest BCUT2D eigenvalue weighted by molar-refractivity contribution is 6.20. The van der Waals surface area contributed by atoms with Crippen LogP contribution in [0.25, 0.3) is 0 Å². The molecule has 1 unspecified atom stereocenters. The highest BCUT2D eigenvalue weighted by Crippen LogP contribution is 2.21. The van der Waals surface area contributed by atoms with Gasteiger partial charge in [-0.25, -0.2) is 4.79 Å². The van der Waals surface area contributed by atoms with Crippen molar-refractivity contribution in [3.8, 4) is 0 Å². The van der Waals surface area contributed by atoms with E-state index in [1.165, 1.54) is 24.3 Å². The molecule has 0 aromatic heterocycles. The molecule has 6 heteroatoms. The van der Waals surface area contributed by atoms with Gasteiger partial charge in [0.1, 0.15) is 6.61 Å². The summed E-state index contributed by atoms with van der Waals surface area (Å²) in [5.41, 5.74) is 0.116. The molecule has 0 aliphatic carbocycles. The van der Waals surface area contributed by atoms with Crippen LogP contribution in [0.1, 0.15) is 22.8 Å². The molecule has 0 saturated carbocycles. The lowest BCUT2D eigenvalue weighted by Gasteiger charge is -2.09. The average Bonchev–Trinajstić information content (AvgIpc) is 2.23. The monoisotopic (exact) mass is 280 g/mol. The highest BCUT2D eigenvalue weighted by atomic mass is 35.5. The Hall–Kier alpha value is -1.23. The molecule has 100 valence electrons. The van der Waals surface area contributed by atoms with Gasteiger partial charge in [-0.1, -0.05) is 12.1 Å². The van der Waals surface area contributed by atoms with Gasteiger partial charge in [0.15, 0.2) is 0 Å². The molecule has 0 bridgehead atoms. The van der Waals surface area contributed by atoms with Gasteiger partial charge in [0.25, 0.3) is 0 Å². The number of hydrogen-bond donors (Lipinski definition) is 0. The fraction of sp³-hybridized carbons (Fsp3) is 0.417. The molecule has 1 atom stereocenters. The molecule has 1 aromatic rings. The number of carbonyl (C=O) groups is 1. The zero-order valence-electron chi connectivity index (χ0n) is 9.63. The van der Waals surface area contributed by atoms with Crippen molar-refractivity contribution < 1.29 is 22.7 Å². The van der Waals surface area contributed by atoms with E-state index in [0.29, 0.717) is 0 Å². The predicted molar refractivity (Wildman–Crippen MR) is 61.8 cm³/mol. The Balaban J connectivity index is 2.72. The topological polar surface area (TPSA) is 26.3 Å². The van der Waals surface area contributed by atoms with Crippen molar-refractivity contribution in [3.05, 3.63) is 35.4 Å². The largest absolute Gasteiger partial charge is 0.461 e. The minimum Gasteiger partial charge on any atom is -0.461 e. The fourth-order valence-electron chi connectivity index (χ4n) is 1.31. The molecule has 1 aromatic carbocycles. The Morgan fingerprint density at radius 1 is 1.44 bits per heavy atom. The van der Waals surface area contributed by atoms with Crippen LogP contribution < -0.4 is 0 Å². The second-order valence-electron chi connectivity index (χ2n) is 3.87. The number of benzene rings is 1. The van der Waals surface area contributed by atoms with E-state index in [4.69, 9.17) is 16.3 Å². The SMILES string of the molecule is CC(Cl)COC(=O)c1cccc(CC(F)(F)F)c1. The van der Waals surface area contributed by atoms with Gasteiger partial charge < -0.3 is 4.74 Å². The molecule has 0 heterocycles. The lowest BCUT2D eigenvalue weighted by molar-refractivity contribution is -0.127. The highest BCUT2D eigenvalue weighted by Gasteiger charge is 2.27. The number of alkyl halides is 4. The third-order valence-corrected chi connectivity index (χ3v) is 2.14. The maximum Gasteiger partial charge on any atom is 0.393 e. The molecule has 18 heavy (non-hydrogen) atoms. The van der Waals surface area contributed by atoms with Gasteiger partial charge in [-0.05, 0) is 24.6 Å². The molecule has 0 N–H and O–H groups in total. The third kappa shape index (κ3) is 5.40.